The number of benzene rings is 1. The second kappa shape index (κ2) is 4.18. The zero-order chi connectivity index (χ0) is 12.6. The number of hydrogen-bond acceptors (Lipinski definition) is 1. The fraction of sp³-hybridized carbons (Fsp3) is 0.417. The van der Waals surface area contributed by atoms with Crippen molar-refractivity contribution in [1.82, 2.24) is 0 Å². The van der Waals surface area contributed by atoms with E-state index in [1.807, 2.05) is 12.1 Å². The van der Waals surface area contributed by atoms with Crippen LogP contribution < -0.4 is 5.19 Å². The first-order chi connectivity index (χ1) is 7.16. The molecule has 2 nitrogen and oxygen atoms in total. The molecule has 0 unspecified atom stereocenters. The molecule has 0 fully saturated rings. The van der Waals surface area contributed by atoms with Crippen molar-refractivity contribution in [2.45, 2.75) is 32.7 Å². The highest BCUT2D eigenvalue weighted by molar-refractivity contribution is 7.45. The van der Waals surface area contributed by atoms with Crippen LogP contribution in [0, 0.1) is 0 Å². The first-order valence-electron chi connectivity index (χ1n) is 5.50. The summed E-state index contributed by atoms with van der Waals surface area (Å²) in [6.07, 6.45) is 0. The van der Waals surface area contributed by atoms with Crippen molar-refractivity contribution in [2.24, 2.45) is 0 Å². The lowest BCUT2D eigenvalue weighted by Gasteiger charge is -2.35. The van der Waals surface area contributed by atoms with Gasteiger partial charge in [-0.15, -0.1) is 0 Å². The molecule has 0 aliphatic rings. The van der Waals surface area contributed by atoms with Gasteiger partial charge in [0.1, 0.15) is 0 Å². The Kier molecular flexibility index (Phi) is 3.45. The minimum absolute atomic E-state index is 0.379. The number of aromatic carboxylic acids is 1. The van der Waals surface area contributed by atoms with Gasteiger partial charge < -0.3 is 5.11 Å². The number of rotatable bonds is 3. The maximum Gasteiger partial charge on any atom is 0.335 e. The molecular weight excluding hydrogens is 232 g/mol. The fourth-order valence-corrected chi connectivity index (χ4v) is 6.43. The van der Waals surface area contributed by atoms with Gasteiger partial charge in [0.2, 0.25) is 0 Å². The van der Waals surface area contributed by atoms with Crippen molar-refractivity contribution in [1.29, 1.82) is 0 Å². The van der Waals surface area contributed by atoms with Crippen LogP contribution in [0.2, 0.25) is 32.7 Å². The Morgan fingerprint density at radius 2 is 1.44 bits per heavy atom. The Morgan fingerprint density at radius 1 is 1.00 bits per heavy atom. The Bertz CT molecular complexity index is 388. The molecule has 0 heterocycles. The van der Waals surface area contributed by atoms with Crippen LogP contribution in [0.5, 0.6) is 0 Å². The summed E-state index contributed by atoms with van der Waals surface area (Å²) < 4.78 is 0. The van der Waals surface area contributed by atoms with Crippen LogP contribution >= 0.6 is 0 Å². The molecule has 0 aromatic heterocycles. The molecule has 0 aliphatic carbocycles. The van der Waals surface area contributed by atoms with Crippen LogP contribution in [0.4, 0.5) is 0 Å². The van der Waals surface area contributed by atoms with Gasteiger partial charge in [0.15, 0.2) is 0 Å². The number of carboxylic acids is 1. The molecule has 4 heteroatoms. The van der Waals surface area contributed by atoms with Gasteiger partial charge in [0, 0.05) is 7.59 Å². The van der Waals surface area contributed by atoms with E-state index in [0.29, 0.717) is 5.56 Å². The van der Waals surface area contributed by atoms with Crippen molar-refractivity contribution in [3.8, 4) is 0 Å². The van der Waals surface area contributed by atoms with Gasteiger partial charge in [-0.3, -0.25) is 0 Å². The van der Waals surface area contributed by atoms with Gasteiger partial charge in [-0.2, -0.15) is 0 Å². The highest BCUT2D eigenvalue weighted by Gasteiger charge is 2.38. The summed E-state index contributed by atoms with van der Waals surface area (Å²) in [7, 11) is -2.57. The number of carboxylic acid groups (broad SMARTS) is 1. The Balaban J connectivity index is 3.11. The van der Waals surface area contributed by atoms with Gasteiger partial charge in [0.25, 0.3) is 0 Å². The molecule has 0 spiro atoms. The lowest BCUT2D eigenvalue weighted by atomic mass is 10.2. The molecule has 1 aromatic carbocycles. The Morgan fingerprint density at radius 3 is 1.75 bits per heavy atom. The average Bonchev–Trinajstić information content (AvgIpc) is 2.16. The summed E-state index contributed by atoms with van der Waals surface area (Å²) in [6.45, 7) is 11.9. The summed E-state index contributed by atoms with van der Waals surface area (Å²) in [5, 5.41) is 10.2. The highest BCUT2D eigenvalue weighted by atomic mass is 29.3. The third-order valence-corrected chi connectivity index (χ3v) is 21.4. The minimum Gasteiger partial charge on any atom is -0.478 e. The smallest absolute Gasteiger partial charge is 0.335 e. The molecule has 0 saturated heterocycles. The van der Waals surface area contributed by atoms with Crippen molar-refractivity contribution < 1.29 is 9.90 Å². The third-order valence-electron chi connectivity index (χ3n) is 3.73. The topological polar surface area (TPSA) is 37.3 Å². The molecule has 0 bridgehead atoms. The average molecular weight is 252 g/mol. The zero-order valence-corrected chi connectivity index (χ0v) is 12.7. The first kappa shape index (κ1) is 13.2. The molecule has 16 heavy (non-hydrogen) atoms. The third kappa shape index (κ3) is 2.44. The normalized spacial score (nSPS) is 12.6. The van der Waals surface area contributed by atoms with Crippen LogP contribution in [-0.4, -0.2) is 26.3 Å². The first-order valence-corrected chi connectivity index (χ1v) is 13.0. The van der Waals surface area contributed by atoms with E-state index in [-0.39, 0.29) is 0 Å². The summed E-state index contributed by atoms with van der Waals surface area (Å²) >= 11 is 0. The number of hydrogen-bond donors (Lipinski definition) is 1. The molecule has 1 rings (SSSR count). The van der Waals surface area contributed by atoms with Gasteiger partial charge >= 0.3 is 5.97 Å². The Labute approximate surface area is 99.1 Å². The quantitative estimate of drug-likeness (QED) is 0.840. The molecule has 0 atom stereocenters. The van der Waals surface area contributed by atoms with E-state index < -0.39 is 21.2 Å². The van der Waals surface area contributed by atoms with Crippen LogP contribution in [0.3, 0.4) is 0 Å². The Hall–Kier alpha value is -0.876. The maximum atomic E-state index is 10.8. The summed E-state index contributed by atoms with van der Waals surface area (Å²) in [4.78, 5) is 10.8. The molecule has 0 aliphatic heterocycles. The second-order valence-corrected chi connectivity index (χ2v) is 22.3. The lowest BCUT2D eigenvalue weighted by molar-refractivity contribution is 0.0697. The maximum absolute atomic E-state index is 10.8. The predicted octanol–water partition coefficient (Wildman–Crippen LogP) is 2.72. The van der Waals surface area contributed by atoms with E-state index in [2.05, 4.69) is 32.7 Å². The fourth-order valence-electron chi connectivity index (χ4n) is 1.46. The zero-order valence-electron chi connectivity index (χ0n) is 10.7. The SMILES string of the molecule is C[Si](C)(C)[Si](C)(C)c1ccc(C(=O)O)cc1. The predicted molar refractivity (Wildman–Crippen MR) is 73.9 cm³/mol. The van der Waals surface area contributed by atoms with Crippen molar-refractivity contribution in [2.75, 3.05) is 0 Å². The van der Waals surface area contributed by atoms with Crippen LogP contribution in [-0.2, 0) is 0 Å². The highest BCUT2D eigenvalue weighted by Crippen LogP contribution is 2.18. The van der Waals surface area contributed by atoms with Crippen molar-refractivity contribution in [3.63, 3.8) is 0 Å². The largest absolute Gasteiger partial charge is 0.478 e. The molecule has 0 saturated carbocycles. The van der Waals surface area contributed by atoms with Crippen molar-refractivity contribution in [3.05, 3.63) is 29.8 Å². The van der Waals surface area contributed by atoms with E-state index in [4.69, 9.17) is 5.11 Å². The summed E-state index contributed by atoms with van der Waals surface area (Å²) in [5.41, 5.74) is 0.379. The van der Waals surface area contributed by atoms with E-state index in [9.17, 15) is 4.79 Å². The lowest BCUT2D eigenvalue weighted by Crippen LogP contribution is -2.61. The molecule has 0 amide bonds. The molecule has 1 aromatic rings. The summed E-state index contributed by atoms with van der Waals surface area (Å²) in [5.74, 6) is -0.848. The van der Waals surface area contributed by atoms with Crippen LogP contribution in [0.25, 0.3) is 0 Å². The number of carbonyl (C=O) groups is 1. The van der Waals surface area contributed by atoms with E-state index >= 15 is 0 Å². The van der Waals surface area contributed by atoms with E-state index in [1.54, 1.807) is 12.1 Å². The van der Waals surface area contributed by atoms with Gasteiger partial charge in [-0.1, -0.05) is 50.1 Å². The van der Waals surface area contributed by atoms with Gasteiger partial charge in [0.05, 0.1) is 13.2 Å². The molecular formula is C12H20O2Si2. The monoisotopic (exact) mass is 252 g/mol. The van der Waals surface area contributed by atoms with Gasteiger partial charge in [-0.25, -0.2) is 4.79 Å². The minimum atomic E-state index is -1.39. The van der Waals surface area contributed by atoms with Crippen LogP contribution in [0.1, 0.15) is 10.4 Å². The molecule has 0 radical (unpaired) electrons. The van der Waals surface area contributed by atoms with Crippen molar-refractivity contribution >= 4 is 26.3 Å². The van der Waals surface area contributed by atoms with Crippen LogP contribution in [0.15, 0.2) is 24.3 Å². The summed E-state index contributed by atoms with van der Waals surface area (Å²) in [6, 6.07) is 7.47. The molecule has 88 valence electrons. The van der Waals surface area contributed by atoms with Gasteiger partial charge in [-0.05, 0) is 12.1 Å². The second-order valence-electron chi connectivity index (χ2n) is 5.76. The van der Waals surface area contributed by atoms with E-state index in [0.717, 1.165) is 0 Å². The van der Waals surface area contributed by atoms with E-state index in [1.165, 1.54) is 5.19 Å². The molecule has 1 N–H and O–H groups in total. The standard InChI is InChI=1S/C12H20O2Si2/c1-15(2,3)16(4,5)11-8-6-10(7-9-11)12(13)14/h6-9H,1-5H3,(H,13,14).